The molecule has 1 heterocycles. The number of carbonyl (C=O) groups excluding carboxylic acids is 2. The molecule has 0 saturated heterocycles. The number of aliphatic hydroxyl groups is 2. The van der Waals surface area contributed by atoms with Crippen molar-refractivity contribution in [2.45, 2.75) is 64.1 Å². The Bertz CT molecular complexity index is 471. The summed E-state index contributed by atoms with van der Waals surface area (Å²) in [5.41, 5.74) is 0. The third-order valence-electron chi connectivity index (χ3n) is 5.55. The van der Waals surface area contributed by atoms with Crippen molar-refractivity contribution in [3.05, 3.63) is 12.2 Å². The highest BCUT2D eigenvalue weighted by Gasteiger charge is 2.30. The third kappa shape index (κ3) is 7.99. The van der Waals surface area contributed by atoms with Gasteiger partial charge in [0.1, 0.15) is 0 Å². The summed E-state index contributed by atoms with van der Waals surface area (Å²) in [6, 6.07) is 0. The summed E-state index contributed by atoms with van der Waals surface area (Å²) in [7, 11) is 0. The van der Waals surface area contributed by atoms with E-state index in [1.165, 1.54) is 17.1 Å². The van der Waals surface area contributed by atoms with E-state index >= 15 is 0 Å². The van der Waals surface area contributed by atoms with E-state index in [0.717, 1.165) is 57.8 Å². The van der Waals surface area contributed by atoms with Crippen molar-refractivity contribution in [1.82, 2.24) is 4.90 Å². The molecular weight excluding hydrogens is 362 g/mol. The van der Waals surface area contributed by atoms with E-state index in [0.29, 0.717) is 31.6 Å². The second-order valence-electron chi connectivity index (χ2n) is 7.78. The Morgan fingerprint density at radius 1 is 0.857 bits per heavy atom. The van der Waals surface area contributed by atoms with Gasteiger partial charge in [0.15, 0.2) is 6.29 Å². The van der Waals surface area contributed by atoms with Crippen LogP contribution in [0.2, 0.25) is 0 Å². The second-order valence-corrected chi connectivity index (χ2v) is 7.78. The minimum Gasteiger partial charge on any atom is -0.396 e. The summed E-state index contributed by atoms with van der Waals surface area (Å²) in [5.74, 6) is 0.498. The van der Waals surface area contributed by atoms with Gasteiger partial charge in [-0.05, 0) is 63.2 Å². The van der Waals surface area contributed by atoms with Crippen LogP contribution in [-0.2, 0) is 19.1 Å². The van der Waals surface area contributed by atoms with Gasteiger partial charge in [0.2, 0.25) is 0 Å². The molecule has 160 valence electrons. The van der Waals surface area contributed by atoms with Crippen LogP contribution in [0.15, 0.2) is 12.2 Å². The van der Waals surface area contributed by atoms with Gasteiger partial charge < -0.3 is 19.7 Å². The van der Waals surface area contributed by atoms with Crippen molar-refractivity contribution in [3.8, 4) is 0 Å². The molecular formula is C21H35NO6. The van der Waals surface area contributed by atoms with Crippen molar-refractivity contribution in [2.24, 2.45) is 11.8 Å². The zero-order valence-electron chi connectivity index (χ0n) is 16.8. The number of nitrogens with zero attached hydrogens (tertiary/aromatic N) is 1. The van der Waals surface area contributed by atoms with Gasteiger partial charge in [0, 0.05) is 51.5 Å². The second kappa shape index (κ2) is 13.0. The third-order valence-corrected chi connectivity index (χ3v) is 5.55. The minimum absolute atomic E-state index is 0.174. The van der Waals surface area contributed by atoms with Crippen LogP contribution in [0, 0.1) is 11.8 Å². The van der Waals surface area contributed by atoms with E-state index in [-0.39, 0.29) is 31.3 Å². The fourth-order valence-corrected chi connectivity index (χ4v) is 3.83. The van der Waals surface area contributed by atoms with E-state index in [1.807, 2.05) is 0 Å². The molecule has 0 unspecified atom stereocenters. The quantitative estimate of drug-likeness (QED) is 0.264. The molecule has 0 atom stereocenters. The predicted octanol–water partition coefficient (Wildman–Crippen LogP) is 2.01. The molecule has 7 nitrogen and oxygen atoms in total. The number of carbonyl (C=O) groups is 2. The molecule has 1 aliphatic carbocycles. The Balaban J connectivity index is 1.71. The first-order valence-corrected chi connectivity index (χ1v) is 10.6. The Morgan fingerprint density at radius 3 is 1.86 bits per heavy atom. The van der Waals surface area contributed by atoms with Gasteiger partial charge in [-0.2, -0.15) is 0 Å². The van der Waals surface area contributed by atoms with Gasteiger partial charge in [-0.1, -0.05) is 0 Å². The highest BCUT2D eigenvalue weighted by Crippen LogP contribution is 2.33. The average Bonchev–Trinajstić information content (AvgIpc) is 3.01. The number of amides is 2. The molecule has 28 heavy (non-hydrogen) atoms. The van der Waals surface area contributed by atoms with Crippen LogP contribution in [0.1, 0.15) is 57.8 Å². The summed E-state index contributed by atoms with van der Waals surface area (Å²) in [5, 5.41) is 17.8. The highest BCUT2D eigenvalue weighted by molar-refractivity contribution is 6.12. The number of unbranched alkanes of at least 4 members (excludes halogenated alkanes) is 2. The lowest BCUT2D eigenvalue weighted by atomic mass is 9.80. The lowest BCUT2D eigenvalue weighted by Crippen LogP contribution is -2.36. The summed E-state index contributed by atoms with van der Waals surface area (Å²) in [4.78, 5) is 24.8. The molecule has 1 saturated carbocycles. The maximum Gasteiger partial charge on any atom is 0.253 e. The molecule has 1 fully saturated rings. The molecule has 2 N–H and O–H groups in total. The number of hydrogen-bond donors (Lipinski definition) is 2. The monoisotopic (exact) mass is 397 g/mol. The van der Waals surface area contributed by atoms with Crippen molar-refractivity contribution in [3.63, 3.8) is 0 Å². The van der Waals surface area contributed by atoms with Crippen LogP contribution in [0.4, 0.5) is 0 Å². The summed E-state index contributed by atoms with van der Waals surface area (Å²) >= 11 is 0. The fourth-order valence-electron chi connectivity index (χ4n) is 3.83. The number of hydrogen-bond acceptors (Lipinski definition) is 6. The molecule has 0 spiro atoms. The van der Waals surface area contributed by atoms with Gasteiger partial charge in [-0.15, -0.1) is 0 Å². The Morgan fingerprint density at radius 2 is 1.36 bits per heavy atom. The molecule has 0 aromatic heterocycles. The maximum atomic E-state index is 11.7. The SMILES string of the molecule is O=C1C=CC(=O)N1CC1CCC(CC(OCCCCO)OCCCCO)CC1. The van der Waals surface area contributed by atoms with E-state index in [9.17, 15) is 9.59 Å². The number of aliphatic hydroxyl groups excluding tert-OH is 2. The first-order valence-electron chi connectivity index (χ1n) is 10.6. The first-order chi connectivity index (χ1) is 13.6. The van der Waals surface area contributed by atoms with Gasteiger partial charge >= 0.3 is 0 Å². The predicted molar refractivity (Wildman–Crippen MR) is 104 cm³/mol. The highest BCUT2D eigenvalue weighted by atomic mass is 16.7. The van der Waals surface area contributed by atoms with Crippen LogP contribution in [-0.4, -0.2) is 66.2 Å². The first kappa shape index (κ1) is 23.0. The van der Waals surface area contributed by atoms with Gasteiger partial charge in [-0.3, -0.25) is 14.5 Å². The van der Waals surface area contributed by atoms with Crippen molar-refractivity contribution >= 4 is 11.8 Å². The largest absolute Gasteiger partial charge is 0.396 e. The van der Waals surface area contributed by atoms with Gasteiger partial charge in [-0.25, -0.2) is 0 Å². The number of imide groups is 1. The van der Waals surface area contributed by atoms with Crippen molar-refractivity contribution in [1.29, 1.82) is 0 Å². The maximum absolute atomic E-state index is 11.7. The van der Waals surface area contributed by atoms with Crippen LogP contribution in [0.5, 0.6) is 0 Å². The Labute approximate surface area is 167 Å². The lowest BCUT2D eigenvalue weighted by Gasteiger charge is -2.32. The normalized spacial score (nSPS) is 22.6. The zero-order chi connectivity index (χ0) is 20.2. The van der Waals surface area contributed by atoms with E-state index in [4.69, 9.17) is 19.7 Å². The number of ether oxygens (including phenoxy) is 2. The van der Waals surface area contributed by atoms with E-state index in [2.05, 4.69) is 0 Å². The van der Waals surface area contributed by atoms with Crippen LogP contribution >= 0.6 is 0 Å². The molecule has 0 radical (unpaired) electrons. The number of rotatable bonds is 14. The van der Waals surface area contributed by atoms with E-state index in [1.54, 1.807) is 0 Å². The Hall–Kier alpha value is -1.28. The zero-order valence-corrected chi connectivity index (χ0v) is 16.8. The average molecular weight is 398 g/mol. The molecule has 2 aliphatic rings. The van der Waals surface area contributed by atoms with Gasteiger partial charge in [0.05, 0.1) is 0 Å². The standard InChI is InChI=1S/C21H35NO6/c23-11-1-3-13-27-21(28-14-4-2-12-24)15-17-5-7-18(8-6-17)16-22-19(25)9-10-20(22)26/h9-10,17-18,21,23-24H,1-8,11-16H2. The van der Waals surface area contributed by atoms with Crippen molar-refractivity contribution in [2.75, 3.05) is 33.0 Å². The van der Waals surface area contributed by atoms with Crippen molar-refractivity contribution < 1.29 is 29.3 Å². The molecule has 0 aromatic rings. The van der Waals surface area contributed by atoms with Gasteiger partial charge in [0.25, 0.3) is 11.8 Å². The molecule has 2 rings (SSSR count). The fraction of sp³-hybridized carbons (Fsp3) is 0.810. The Kier molecular flexibility index (Phi) is 10.7. The molecule has 7 heteroatoms. The smallest absolute Gasteiger partial charge is 0.253 e. The molecule has 1 aliphatic heterocycles. The summed E-state index contributed by atoms with van der Waals surface area (Å²) in [6.07, 6.45) is 10.5. The topological polar surface area (TPSA) is 96.3 Å². The molecule has 2 amide bonds. The summed E-state index contributed by atoms with van der Waals surface area (Å²) in [6.45, 7) is 2.02. The minimum atomic E-state index is -0.245. The van der Waals surface area contributed by atoms with E-state index < -0.39 is 0 Å². The summed E-state index contributed by atoms with van der Waals surface area (Å²) < 4.78 is 11.8. The molecule has 0 bridgehead atoms. The van der Waals surface area contributed by atoms with Crippen LogP contribution < -0.4 is 0 Å². The molecule has 0 aromatic carbocycles. The van der Waals surface area contributed by atoms with Crippen LogP contribution in [0.25, 0.3) is 0 Å². The lowest BCUT2D eigenvalue weighted by molar-refractivity contribution is -0.155. The van der Waals surface area contributed by atoms with Crippen LogP contribution in [0.3, 0.4) is 0 Å².